The first-order valence-electron chi connectivity index (χ1n) is 8.35. The molecule has 0 amide bonds. The van der Waals surface area contributed by atoms with Crippen LogP contribution in [0.25, 0.3) is 10.9 Å². The van der Waals surface area contributed by atoms with Crippen molar-refractivity contribution in [2.75, 3.05) is 30.8 Å². The summed E-state index contributed by atoms with van der Waals surface area (Å²) in [4.78, 5) is 4.10. The Kier molecular flexibility index (Phi) is 5.43. The van der Waals surface area contributed by atoms with Gasteiger partial charge in [-0.2, -0.15) is 24.9 Å². The summed E-state index contributed by atoms with van der Waals surface area (Å²) in [7, 11) is 0. The van der Waals surface area contributed by atoms with Crippen molar-refractivity contribution in [2.24, 2.45) is 0 Å². The molecule has 136 valence electrons. The van der Waals surface area contributed by atoms with Crippen LogP contribution in [0.1, 0.15) is 25.3 Å². The molecule has 0 unspecified atom stereocenters. The third kappa shape index (κ3) is 4.20. The van der Waals surface area contributed by atoms with E-state index in [0.717, 1.165) is 56.2 Å². The van der Waals surface area contributed by atoms with Crippen LogP contribution in [0.5, 0.6) is 0 Å². The lowest BCUT2D eigenvalue weighted by atomic mass is 9.98. The maximum absolute atomic E-state index is 12.9. The van der Waals surface area contributed by atoms with E-state index >= 15 is 0 Å². The Morgan fingerprint density at radius 1 is 1.24 bits per heavy atom. The van der Waals surface area contributed by atoms with E-state index in [1.165, 1.54) is 6.07 Å². The monoisotopic (exact) mass is 370 g/mol. The van der Waals surface area contributed by atoms with Crippen LogP contribution in [0, 0.1) is 0 Å². The predicted octanol–water partition coefficient (Wildman–Crippen LogP) is 4.97. The van der Waals surface area contributed by atoms with E-state index in [1.54, 1.807) is 6.20 Å². The number of benzene rings is 1. The number of hydrogen-bond acceptors (Lipinski definition) is 4. The van der Waals surface area contributed by atoms with Gasteiger partial charge in [-0.25, -0.2) is 0 Å². The van der Waals surface area contributed by atoms with Crippen LogP contribution in [0.2, 0.25) is 0 Å². The number of ether oxygens (including phenoxy) is 1. The molecule has 1 aliphatic heterocycles. The highest BCUT2D eigenvalue weighted by Crippen LogP contribution is 2.37. The number of nitrogens with zero attached hydrogens (tertiary/aromatic N) is 1. The highest BCUT2D eigenvalue weighted by molar-refractivity contribution is 8.00. The van der Waals surface area contributed by atoms with Crippen molar-refractivity contribution < 1.29 is 17.9 Å². The molecule has 7 heteroatoms. The molecule has 0 spiro atoms. The minimum Gasteiger partial charge on any atom is -0.383 e. The fourth-order valence-electron chi connectivity index (χ4n) is 3.16. The van der Waals surface area contributed by atoms with Gasteiger partial charge in [0.1, 0.15) is 0 Å². The Morgan fingerprint density at radius 2 is 2.00 bits per heavy atom. The van der Waals surface area contributed by atoms with Crippen molar-refractivity contribution in [1.82, 2.24) is 4.98 Å². The molecule has 1 aromatic heterocycles. The maximum atomic E-state index is 12.9. The zero-order valence-electron chi connectivity index (χ0n) is 14.0. The molecule has 0 aliphatic carbocycles. The number of pyridine rings is 1. The second kappa shape index (κ2) is 7.41. The van der Waals surface area contributed by atoms with Crippen molar-refractivity contribution in [3.63, 3.8) is 0 Å². The molecule has 25 heavy (non-hydrogen) atoms. The van der Waals surface area contributed by atoms with Gasteiger partial charge in [-0.3, -0.25) is 4.98 Å². The van der Waals surface area contributed by atoms with Crippen molar-refractivity contribution in [1.29, 1.82) is 0 Å². The molecule has 0 radical (unpaired) electrons. The van der Waals surface area contributed by atoms with E-state index in [4.69, 9.17) is 4.74 Å². The Morgan fingerprint density at radius 3 is 2.68 bits per heavy atom. The second-order valence-electron chi connectivity index (χ2n) is 6.17. The quantitative estimate of drug-likeness (QED) is 0.806. The Labute approximate surface area is 149 Å². The first-order chi connectivity index (χ1) is 11.9. The lowest BCUT2D eigenvalue weighted by Crippen LogP contribution is -2.39. The molecule has 3 nitrogen and oxygen atoms in total. The van der Waals surface area contributed by atoms with Gasteiger partial charge in [0.15, 0.2) is 0 Å². The van der Waals surface area contributed by atoms with Crippen LogP contribution >= 0.6 is 11.8 Å². The predicted molar refractivity (Wildman–Crippen MR) is 96.2 cm³/mol. The van der Waals surface area contributed by atoms with Gasteiger partial charge in [0.25, 0.3) is 0 Å². The molecule has 2 aromatic rings. The Hall–Kier alpha value is -1.47. The van der Waals surface area contributed by atoms with E-state index in [-0.39, 0.29) is 4.75 Å². The molecule has 2 heterocycles. The average molecular weight is 370 g/mol. The van der Waals surface area contributed by atoms with E-state index in [2.05, 4.69) is 17.2 Å². The number of aromatic nitrogens is 1. The first-order valence-corrected chi connectivity index (χ1v) is 9.34. The van der Waals surface area contributed by atoms with Gasteiger partial charge in [-0.1, -0.05) is 13.0 Å². The Balaban J connectivity index is 1.83. The number of alkyl halides is 3. The average Bonchev–Trinajstić information content (AvgIpc) is 2.60. The molecule has 1 aliphatic rings. The topological polar surface area (TPSA) is 34.2 Å². The number of rotatable bonds is 5. The summed E-state index contributed by atoms with van der Waals surface area (Å²) >= 11 is 1.92. The smallest absolute Gasteiger partial charge is 0.383 e. The number of fused-ring (bicyclic) bond motifs is 1. The van der Waals surface area contributed by atoms with Crippen LogP contribution < -0.4 is 5.32 Å². The summed E-state index contributed by atoms with van der Waals surface area (Å²) < 4.78 is 44.2. The third-order valence-corrected chi connectivity index (χ3v) is 5.98. The van der Waals surface area contributed by atoms with E-state index in [9.17, 15) is 13.2 Å². The molecule has 1 saturated heterocycles. The summed E-state index contributed by atoms with van der Waals surface area (Å²) in [5.41, 5.74) is 0.498. The second-order valence-corrected chi connectivity index (χ2v) is 7.90. The van der Waals surface area contributed by atoms with Crippen LogP contribution in [-0.4, -0.2) is 35.2 Å². The van der Waals surface area contributed by atoms with Gasteiger partial charge in [0.05, 0.1) is 11.1 Å². The molecule has 1 aromatic carbocycles. The molecule has 1 fully saturated rings. The van der Waals surface area contributed by atoms with Crippen LogP contribution in [-0.2, 0) is 10.9 Å². The molecule has 3 rings (SSSR count). The maximum Gasteiger partial charge on any atom is 0.416 e. The number of anilines is 1. The highest BCUT2D eigenvalue weighted by Gasteiger charge is 2.33. The van der Waals surface area contributed by atoms with Crippen molar-refractivity contribution in [3.05, 3.63) is 36.0 Å². The van der Waals surface area contributed by atoms with Crippen molar-refractivity contribution in [2.45, 2.75) is 30.7 Å². The lowest BCUT2D eigenvalue weighted by molar-refractivity contribution is -0.137. The molecule has 1 N–H and O–H groups in total. The van der Waals surface area contributed by atoms with Gasteiger partial charge < -0.3 is 10.1 Å². The fourth-order valence-corrected chi connectivity index (χ4v) is 4.40. The number of nitrogens with one attached hydrogen (secondary N) is 1. The summed E-state index contributed by atoms with van der Waals surface area (Å²) in [6, 6.07) is 5.53. The number of halogens is 3. The first kappa shape index (κ1) is 18.3. The summed E-state index contributed by atoms with van der Waals surface area (Å²) in [5, 5.41) is 4.15. The normalized spacial score (nSPS) is 17.6. The lowest BCUT2D eigenvalue weighted by Gasteiger charge is -2.37. The fraction of sp³-hybridized carbons (Fsp3) is 0.500. The highest BCUT2D eigenvalue weighted by atomic mass is 32.2. The van der Waals surface area contributed by atoms with Crippen LogP contribution in [0.3, 0.4) is 0 Å². The SMILES string of the molecule is CCSC1(CNc2ccnc3cc(C(F)(F)F)ccc23)CCOCC1. The molecule has 0 saturated carbocycles. The number of thioether (sulfide) groups is 1. The van der Waals surface area contributed by atoms with E-state index < -0.39 is 11.7 Å². The molecule has 0 atom stereocenters. The summed E-state index contributed by atoms with van der Waals surface area (Å²) in [6.45, 7) is 4.40. The minimum atomic E-state index is -4.36. The van der Waals surface area contributed by atoms with Crippen LogP contribution in [0.4, 0.5) is 18.9 Å². The third-order valence-electron chi connectivity index (χ3n) is 4.53. The van der Waals surface area contributed by atoms with E-state index in [1.807, 2.05) is 17.8 Å². The van der Waals surface area contributed by atoms with Crippen LogP contribution in [0.15, 0.2) is 30.5 Å². The van der Waals surface area contributed by atoms with Gasteiger partial charge in [0.2, 0.25) is 0 Å². The largest absolute Gasteiger partial charge is 0.416 e. The van der Waals surface area contributed by atoms with Gasteiger partial charge in [-0.05, 0) is 36.8 Å². The van der Waals surface area contributed by atoms with Gasteiger partial charge >= 0.3 is 6.18 Å². The standard InChI is InChI=1S/C18H21F3N2OS/c1-2-25-17(6-9-24-10-7-17)12-23-15-5-8-22-16-11-13(18(19,20)21)3-4-14(15)16/h3-5,8,11H,2,6-7,9-10,12H2,1H3,(H,22,23). The van der Waals surface area contributed by atoms with Crippen molar-refractivity contribution >= 4 is 28.4 Å². The molecule has 0 bridgehead atoms. The van der Waals surface area contributed by atoms with E-state index in [0.29, 0.717) is 10.9 Å². The summed E-state index contributed by atoms with van der Waals surface area (Å²) in [6.07, 6.45) is -0.864. The van der Waals surface area contributed by atoms with Gasteiger partial charge in [0, 0.05) is 41.8 Å². The zero-order valence-corrected chi connectivity index (χ0v) is 14.8. The minimum absolute atomic E-state index is 0.106. The molecular weight excluding hydrogens is 349 g/mol. The zero-order chi connectivity index (χ0) is 17.9. The summed E-state index contributed by atoms with van der Waals surface area (Å²) in [5.74, 6) is 1.02. The van der Waals surface area contributed by atoms with Crippen molar-refractivity contribution in [3.8, 4) is 0 Å². The van der Waals surface area contributed by atoms with Gasteiger partial charge in [-0.15, -0.1) is 0 Å². The number of hydrogen-bond donors (Lipinski definition) is 1. The Bertz CT molecular complexity index is 724. The molecular formula is C18H21F3N2OS.